The van der Waals surface area contributed by atoms with E-state index in [4.69, 9.17) is 4.74 Å². The fourth-order valence-corrected chi connectivity index (χ4v) is 1.43. The highest BCUT2D eigenvalue weighted by Gasteiger charge is 2.27. The Hall–Kier alpha value is -0.320. The molecule has 1 rings (SSSR count). The number of carbonyl (C=O) groups excluding carboxylic acids is 1. The molecule has 0 amide bonds. The maximum Gasteiger partial charge on any atom is 0.310 e. The lowest BCUT2D eigenvalue weighted by molar-refractivity contribution is -0.147. The van der Waals surface area contributed by atoms with Crippen LogP contribution in [-0.2, 0) is 14.3 Å². The van der Waals surface area contributed by atoms with Crippen LogP contribution < -0.4 is 5.32 Å². The molecule has 0 aromatic heterocycles. The third kappa shape index (κ3) is 3.50. The van der Waals surface area contributed by atoms with Gasteiger partial charge in [-0.3, -0.25) is 4.79 Å². The molecule has 1 N–H and O–H groups in total. The fraction of sp³-hybridized carbons (Fsp3) is 0.875. The molecule has 1 aliphatic rings. The lowest BCUT2D eigenvalue weighted by Gasteiger charge is -2.27. The first-order valence-corrected chi connectivity index (χ1v) is 4.09. The number of nitrogens with one attached hydrogen (secondary N) is 1. The van der Waals surface area contributed by atoms with Crippen molar-refractivity contribution in [2.24, 2.45) is 5.92 Å². The third-order valence-corrected chi connectivity index (χ3v) is 2.18. The van der Waals surface area contributed by atoms with Gasteiger partial charge in [-0.25, -0.2) is 0 Å². The minimum absolute atomic E-state index is 0. The maximum absolute atomic E-state index is 11.1. The highest BCUT2D eigenvalue weighted by atomic mass is 35.5. The standard InChI is InChI=1S/C8H15NO3.ClH/c1-11-7-3-6(4-9-5-7)8(10)12-2;/h6-7,9H,3-5H2,1-2H3;1H. The van der Waals surface area contributed by atoms with Gasteiger partial charge in [0.15, 0.2) is 0 Å². The van der Waals surface area contributed by atoms with E-state index in [9.17, 15) is 4.79 Å². The van der Waals surface area contributed by atoms with Gasteiger partial charge < -0.3 is 14.8 Å². The van der Waals surface area contributed by atoms with Crippen LogP contribution in [-0.4, -0.2) is 39.4 Å². The molecule has 13 heavy (non-hydrogen) atoms. The maximum atomic E-state index is 11.1. The smallest absolute Gasteiger partial charge is 0.310 e. The Bertz CT molecular complexity index is 165. The second-order valence-corrected chi connectivity index (χ2v) is 2.97. The zero-order valence-corrected chi connectivity index (χ0v) is 8.73. The third-order valence-electron chi connectivity index (χ3n) is 2.18. The lowest BCUT2D eigenvalue weighted by Crippen LogP contribution is -2.43. The van der Waals surface area contributed by atoms with Crippen LogP contribution in [0.15, 0.2) is 0 Å². The molecule has 78 valence electrons. The molecule has 0 aromatic rings. The topological polar surface area (TPSA) is 47.6 Å². The van der Waals surface area contributed by atoms with Crippen LogP contribution in [0.2, 0.25) is 0 Å². The monoisotopic (exact) mass is 209 g/mol. The number of esters is 1. The quantitative estimate of drug-likeness (QED) is 0.661. The Morgan fingerprint density at radius 3 is 2.62 bits per heavy atom. The predicted octanol–water partition coefficient (Wildman–Crippen LogP) is 0.206. The molecular formula is C8H16ClNO3. The van der Waals surface area contributed by atoms with E-state index in [2.05, 4.69) is 10.1 Å². The van der Waals surface area contributed by atoms with Crippen molar-refractivity contribution >= 4 is 18.4 Å². The summed E-state index contributed by atoms with van der Waals surface area (Å²) in [6.07, 6.45) is 0.902. The summed E-state index contributed by atoms with van der Waals surface area (Å²) in [5.74, 6) is -0.196. The molecule has 0 bridgehead atoms. The van der Waals surface area contributed by atoms with E-state index in [1.165, 1.54) is 7.11 Å². The molecule has 1 aliphatic heterocycles. The van der Waals surface area contributed by atoms with Crippen LogP contribution in [0.1, 0.15) is 6.42 Å². The summed E-state index contributed by atoms with van der Waals surface area (Å²) in [5.41, 5.74) is 0. The number of hydrogen-bond donors (Lipinski definition) is 1. The summed E-state index contributed by atoms with van der Waals surface area (Å²) in [6.45, 7) is 1.52. The second-order valence-electron chi connectivity index (χ2n) is 2.97. The Kier molecular flexibility index (Phi) is 6.03. The van der Waals surface area contributed by atoms with E-state index in [0.717, 1.165) is 13.0 Å². The molecule has 5 heteroatoms. The molecule has 2 unspecified atom stereocenters. The average molecular weight is 210 g/mol. The summed E-state index contributed by atoms with van der Waals surface area (Å²) in [5, 5.41) is 3.13. The lowest BCUT2D eigenvalue weighted by atomic mass is 9.98. The van der Waals surface area contributed by atoms with Crippen LogP contribution >= 0.6 is 12.4 Å². The van der Waals surface area contributed by atoms with Crippen molar-refractivity contribution < 1.29 is 14.3 Å². The number of rotatable bonds is 2. The molecular weight excluding hydrogens is 194 g/mol. The van der Waals surface area contributed by atoms with Crippen molar-refractivity contribution in [1.29, 1.82) is 0 Å². The number of carbonyl (C=O) groups is 1. The van der Waals surface area contributed by atoms with Gasteiger partial charge in [0.05, 0.1) is 19.1 Å². The van der Waals surface area contributed by atoms with Crippen LogP contribution in [0.4, 0.5) is 0 Å². The number of hydrogen-bond acceptors (Lipinski definition) is 4. The predicted molar refractivity (Wildman–Crippen MR) is 51.0 cm³/mol. The summed E-state index contributed by atoms with van der Waals surface area (Å²) in [6, 6.07) is 0. The Balaban J connectivity index is 0.00000144. The van der Waals surface area contributed by atoms with Gasteiger partial charge in [-0.05, 0) is 6.42 Å². The highest BCUT2D eigenvalue weighted by Crippen LogP contribution is 2.13. The van der Waals surface area contributed by atoms with E-state index in [0.29, 0.717) is 6.54 Å². The number of piperidine rings is 1. The van der Waals surface area contributed by atoms with Gasteiger partial charge in [-0.2, -0.15) is 0 Å². The van der Waals surface area contributed by atoms with Crippen LogP contribution in [0.5, 0.6) is 0 Å². The molecule has 0 radical (unpaired) electrons. The molecule has 0 aromatic carbocycles. The molecule has 0 saturated carbocycles. The van der Waals surface area contributed by atoms with Crippen LogP contribution in [0.25, 0.3) is 0 Å². The van der Waals surface area contributed by atoms with Gasteiger partial charge in [0.25, 0.3) is 0 Å². The van der Waals surface area contributed by atoms with Gasteiger partial charge in [0.1, 0.15) is 0 Å². The van der Waals surface area contributed by atoms with Gasteiger partial charge in [-0.15, -0.1) is 12.4 Å². The molecule has 0 spiro atoms. The van der Waals surface area contributed by atoms with Gasteiger partial charge in [0.2, 0.25) is 0 Å². The Morgan fingerprint density at radius 2 is 2.08 bits per heavy atom. The van der Waals surface area contributed by atoms with Gasteiger partial charge >= 0.3 is 5.97 Å². The van der Waals surface area contributed by atoms with Crippen LogP contribution in [0, 0.1) is 5.92 Å². The van der Waals surface area contributed by atoms with E-state index >= 15 is 0 Å². The van der Waals surface area contributed by atoms with Crippen molar-refractivity contribution in [1.82, 2.24) is 5.32 Å². The molecule has 0 aliphatic carbocycles. The van der Waals surface area contributed by atoms with E-state index in [1.807, 2.05) is 0 Å². The zero-order valence-electron chi connectivity index (χ0n) is 7.91. The van der Waals surface area contributed by atoms with E-state index in [-0.39, 0.29) is 30.4 Å². The first-order chi connectivity index (χ1) is 5.77. The normalized spacial score (nSPS) is 27.5. The van der Waals surface area contributed by atoms with E-state index in [1.54, 1.807) is 7.11 Å². The number of ether oxygens (including phenoxy) is 2. The largest absolute Gasteiger partial charge is 0.469 e. The summed E-state index contributed by atoms with van der Waals surface area (Å²) in [4.78, 5) is 11.1. The number of methoxy groups -OCH3 is 2. The van der Waals surface area contributed by atoms with Crippen molar-refractivity contribution in [3.63, 3.8) is 0 Å². The SMILES string of the molecule is COC(=O)C1CNCC(OC)C1.Cl. The van der Waals surface area contributed by atoms with Gasteiger partial charge in [0, 0.05) is 20.2 Å². The zero-order chi connectivity index (χ0) is 8.97. The van der Waals surface area contributed by atoms with Gasteiger partial charge in [-0.1, -0.05) is 0 Å². The van der Waals surface area contributed by atoms with Crippen molar-refractivity contribution in [2.45, 2.75) is 12.5 Å². The molecule has 2 atom stereocenters. The first kappa shape index (κ1) is 12.7. The first-order valence-electron chi connectivity index (χ1n) is 4.09. The average Bonchev–Trinajstić information content (AvgIpc) is 2.17. The minimum atomic E-state index is -0.149. The van der Waals surface area contributed by atoms with E-state index < -0.39 is 0 Å². The fourth-order valence-electron chi connectivity index (χ4n) is 1.43. The summed E-state index contributed by atoms with van der Waals surface area (Å²) < 4.78 is 9.79. The van der Waals surface area contributed by atoms with Crippen LogP contribution in [0.3, 0.4) is 0 Å². The molecule has 1 heterocycles. The van der Waals surface area contributed by atoms with Crippen molar-refractivity contribution in [3.8, 4) is 0 Å². The Morgan fingerprint density at radius 1 is 1.38 bits per heavy atom. The number of halogens is 1. The molecule has 4 nitrogen and oxygen atoms in total. The Labute approximate surface area is 84.4 Å². The summed E-state index contributed by atoms with van der Waals surface area (Å²) >= 11 is 0. The van der Waals surface area contributed by atoms with Crippen molar-refractivity contribution in [3.05, 3.63) is 0 Å². The highest BCUT2D eigenvalue weighted by molar-refractivity contribution is 5.85. The second kappa shape index (κ2) is 6.18. The molecule has 1 saturated heterocycles. The minimum Gasteiger partial charge on any atom is -0.469 e. The van der Waals surface area contributed by atoms with Crippen molar-refractivity contribution in [2.75, 3.05) is 27.3 Å². The molecule has 1 fully saturated rings. The summed E-state index contributed by atoms with van der Waals surface area (Å²) in [7, 11) is 3.07.